The lowest BCUT2D eigenvalue weighted by Gasteiger charge is -2.29. The molecule has 2 aromatic heterocycles. The van der Waals surface area contributed by atoms with Gasteiger partial charge in [0.15, 0.2) is 5.82 Å². The van der Waals surface area contributed by atoms with Crippen molar-refractivity contribution in [3.05, 3.63) is 242 Å². The van der Waals surface area contributed by atoms with Crippen LogP contribution in [-0.4, -0.2) is 20.6 Å². The summed E-state index contributed by atoms with van der Waals surface area (Å²) in [7, 11) is 0. The van der Waals surface area contributed by atoms with E-state index in [-0.39, 0.29) is 12.0 Å². The molecule has 0 spiro atoms. The van der Waals surface area contributed by atoms with Gasteiger partial charge in [0.2, 0.25) is 0 Å². The van der Waals surface area contributed by atoms with Crippen molar-refractivity contribution in [1.29, 1.82) is 0 Å². The summed E-state index contributed by atoms with van der Waals surface area (Å²) in [5.74, 6) is 0.964. The second-order valence-corrected chi connectivity index (χ2v) is 16.2. The highest BCUT2D eigenvalue weighted by Gasteiger charge is 2.38. The van der Waals surface area contributed by atoms with Gasteiger partial charge in [0, 0.05) is 51.1 Å². The first kappa shape index (κ1) is 35.8. The lowest BCUT2D eigenvalue weighted by molar-refractivity contribution is 0.747. The molecule has 0 N–H and O–H groups in total. The normalized spacial score (nSPS) is 15.4. The van der Waals surface area contributed by atoms with Crippen LogP contribution in [0.25, 0.3) is 78.0 Å². The molecule has 0 saturated carbocycles. The number of aromatic nitrogens is 3. The minimum atomic E-state index is 0.237. The van der Waals surface area contributed by atoms with Gasteiger partial charge in [-0.25, -0.2) is 9.97 Å². The van der Waals surface area contributed by atoms with E-state index >= 15 is 0 Å². The van der Waals surface area contributed by atoms with E-state index in [1.165, 1.54) is 66.6 Å². The first-order valence-corrected chi connectivity index (χ1v) is 21.3. The fraction of sp³-hybridized carbons (Fsp3) is 0.0345. The minimum absolute atomic E-state index is 0.237. The molecule has 0 fully saturated rings. The average Bonchev–Trinajstić information content (AvgIpc) is 3.87. The molecule has 4 nitrogen and oxygen atoms in total. The summed E-state index contributed by atoms with van der Waals surface area (Å²) in [6.07, 6.45) is 9.05. The van der Waals surface area contributed by atoms with Crippen molar-refractivity contribution in [2.24, 2.45) is 0 Å². The van der Waals surface area contributed by atoms with Crippen LogP contribution < -0.4 is 4.90 Å². The van der Waals surface area contributed by atoms with Gasteiger partial charge in [-0.1, -0.05) is 152 Å². The van der Waals surface area contributed by atoms with E-state index in [0.29, 0.717) is 5.82 Å². The van der Waals surface area contributed by atoms with Crippen LogP contribution in [0.3, 0.4) is 0 Å². The maximum absolute atomic E-state index is 5.07. The quantitative estimate of drug-likeness (QED) is 0.161. The molecule has 0 saturated heterocycles. The number of anilines is 2. The van der Waals surface area contributed by atoms with Crippen LogP contribution in [0.15, 0.2) is 231 Å². The third kappa shape index (κ3) is 6.15. The van der Waals surface area contributed by atoms with Crippen LogP contribution in [0.2, 0.25) is 0 Å². The van der Waals surface area contributed by atoms with Crippen LogP contribution in [0.4, 0.5) is 11.4 Å². The van der Waals surface area contributed by atoms with Gasteiger partial charge in [0.25, 0.3) is 0 Å². The number of para-hydroxylation sites is 3. The number of nitrogens with zero attached hydrogens (tertiary/aromatic N) is 4. The molecule has 4 heteroatoms. The van der Waals surface area contributed by atoms with E-state index in [4.69, 9.17) is 9.97 Å². The molecule has 3 heterocycles. The summed E-state index contributed by atoms with van der Waals surface area (Å²) in [5.41, 5.74) is 17.5. The maximum Gasteiger partial charge on any atom is 0.159 e. The summed E-state index contributed by atoms with van der Waals surface area (Å²) >= 11 is 0. The van der Waals surface area contributed by atoms with E-state index in [9.17, 15) is 0 Å². The monoisotopic (exact) mass is 792 g/mol. The molecule has 2 atom stereocenters. The molecule has 2 unspecified atom stereocenters. The van der Waals surface area contributed by atoms with Crippen molar-refractivity contribution in [2.75, 3.05) is 4.90 Å². The standard InChI is InChI=1S/C58H40N4/c1-3-12-39(13-4-1)40-22-24-41(25-23-40)43-14-11-15-46(36-43)53-34-35-59-58(60-53)42-26-30-48(31-27-42)62-55-21-10-8-19-50(55)52-38-45(29-33-57(52)62)44-28-32-56-51(37-44)49-18-7-9-20-54(49)61(56)47-16-5-2-6-17-47/h1-38,51,56H. The molecule has 0 bridgehead atoms. The molecule has 1 aliphatic heterocycles. The highest BCUT2D eigenvalue weighted by atomic mass is 15.2. The molecule has 0 amide bonds. The van der Waals surface area contributed by atoms with E-state index in [1.807, 2.05) is 18.3 Å². The second-order valence-electron chi connectivity index (χ2n) is 16.2. The van der Waals surface area contributed by atoms with Gasteiger partial charge in [-0.05, 0) is 112 Å². The predicted molar refractivity (Wildman–Crippen MR) is 257 cm³/mol. The molecule has 10 aromatic rings. The Balaban J connectivity index is 0.841. The molecule has 292 valence electrons. The van der Waals surface area contributed by atoms with E-state index in [2.05, 4.69) is 222 Å². The molecule has 62 heavy (non-hydrogen) atoms. The summed E-state index contributed by atoms with van der Waals surface area (Å²) in [6.45, 7) is 0. The SMILES string of the molecule is C1=CC2C(C=C1c1ccc3c(c1)c1ccccc1n3-c1ccc(-c3nccc(-c4cccc(-c5ccc(-c6ccccc6)cc5)c4)n3)cc1)c1ccccc1N2c1ccccc1. The van der Waals surface area contributed by atoms with E-state index in [1.54, 1.807) is 0 Å². The topological polar surface area (TPSA) is 34.0 Å². The Morgan fingerprint density at radius 1 is 0.435 bits per heavy atom. The van der Waals surface area contributed by atoms with Gasteiger partial charge in [-0.3, -0.25) is 0 Å². The highest BCUT2D eigenvalue weighted by Crippen LogP contribution is 2.49. The lowest BCUT2D eigenvalue weighted by atomic mass is 9.86. The summed E-state index contributed by atoms with van der Waals surface area (Å²) in [5, 5.41) is 2.47. The smallest absolute Gasteiger partial charge is 0.159 e. The third-order valence-corrected chi connectivity index (χ3v) is 12.6. The van der Waals surface area contributed by atoms with E-state index in [0.717, 1.165) is 28.1 Å². The van der Waals surface area contributed by atoms with Gasteiger partial charge in [0.05, 0.1) is 22.8 Å². The fourth-order valence-corrected chi connectivity index (χ4v) is 9.62. The van der Waals surface area contributed by atoms with Gasteiger partial charge in [-0.2, -0.15) is 0 Å². The Morgan fingerprint density at radius 3 is 1.92 bits per heavy atom. The van der Waals surface area contributed by atoms with Gasteiger partial charge >= 0.3 is 0 Å². The van der Waals surface area contributed by atoms with Crippen LogP contribution in [0, 0.1) is 0 Å². The molecule has 2 aliphatic rings. The zero-order chi connectivity index (χ0) is 41.0. The first-order chi connectivity index (χ1) is 30.7. The third-order valence-electron chi connectivity index (χ3n) is 12.6. The summed E-state index contributed by atoms with van der Waals surface area (Å²) in [6, 6.07) is 74.0. The molecule has 8 aromatic carbocycles. The van der Waals surface area contributed by atoms with Crippen LogP contribution >= 0.6 is 0 Å². The number of allylic oxidation sites excluding steroid dienone is 2. The Labute approximate surface area is 361 Å². The van der Waals surface area contributed by atoms with E-state index < -0.39 is 0 Å². The summed E-state index contributed by atoms with van der Waals surface area (Å²) < 4.78 is 2.37. The molecular formula is C58H40N4. The van der Waals surface area contributed by atoms with Crippen molar-refractivity contribution >= 4 is 38.8 Å². The molecular weight excluding hydrogens is 753 g/mol. The number of rotatable bonds is 7. The minimum Gasteiger partial charge on any atom is -0.333 e. The number of benzene rings is 8. The van der Waals surface area contributed by atoms with Crippen LogP contribution in [0.5, 0.6) is 0 Å². The van der Waals surface area contributed by atoms with Crippen molar-refractivity contribution < 1.29 is 0 Å². The first-order valence-electron chi connectivity index (χ1n) is 21.3. The van der Waals surface area contributed by atoms with Crippen molar-refractivity contribution in [3.8, 4) is 50.6 Å². The van der Waals surface area contributed by atoms with Gasteiger partial charge in [0.1, 0.15) is 0 Å². The second kappa shape index (κ2) is 14.9. The number of hydrogen-bond acceptors (Lipinski definition) is 3. The average molecular weight is 793 g/mol. The number of fused-ring (bicyclic) bond motifs is 6. The fourth-order valence-electron chi connectivity index (χ4n) is 9.62. The Morgan fingerprint density at radius 2 is 1.08 bits per heavy atom. The van der Waals surface area contributed by atoms with Crippen molar-refractivity contribution in [3.63, 3.8) is 0 Å². The zero-order valence-electron chi connectivity index (χ0n) is 33.9. The predicted octanol–water partition coefficient (Wildman–Crippen LogP) is 14.5. The zero-order valence-corrected chi connectivity index (χ0v) is 33.9. The van der Waals surface area contributed by atoms with Crippen LogP contribution in [-0.2, 0) is 0 Å². The Kier molecular flexibility index (Phi) is 8.60. The molecule has 12 rings (SSSR count). The van der Waals surface area contributed by atoms with Gasteiger partial charge in [-0.15, -0.1) is 0 Å². The molecule has 0 radical (unpaired) electrons. The summed E-state index contributed by atoms with van der Waals surface area (Å²) in [4.78, 5) is 12.3. The lowest BCUT2D eigenvalue weighted by Crippen LogP contribution is -2.28. The van der Waals surface area contributed by atoms with Gasteiger partial charge < -0.3 is 9.47 Å². The largest absolute Gasteiger partial charge is 0.333 e. The molecule has 1 aliphatic carbocycles. The van der Waals surface area contributed by atoms with Crippen LogP contribution in [0.1, 0.15) is 17.0 Å². The maximum atomic E-state index is 5.07. The Hall–Kier alpha value is -8.08. The number of hydrogen-bond donors (Lipinski definition) is 0. The van der Waals surface area contributed by atoms with Crippen molar-refractivity contribution in [1.82, 2.24) is 14.5 Å². The van der Waals surface area contributed by atoms with Crippen molar-refractivity contribution in [2.45, 2.75) is 12.0 Å². The highest BCUT2D eigenvalue weighted by molar-refractivity contribution is 6.10. The Bertz CT molecular complexity index is 3340.